The maximum absolute atomic E-state index is 12.3. The van der Waals surface area contributed by atoms with Crippen molar-refractivity contribution in [1.82, 2.24) is 9.80 Å². The van der Waals surface area contributed by atoms with Crippen molar-refractivity contribution >= 4 is 11.9 Å². The van der Waals surface area contributed by atoms with Crippen molar-refractivity contribution in [2.24, 2.45) is 5.92 Å². The molecule has 3 aliphatic rings. The van der Waals surface area contributed by atoms with Crippen molar-refractivity contribution in [2.75, 3.05) is 13.1 Å². The minimum atomic E-state index is -0.563. The smallest absolute Gasteiger partial charge is 0.327 e. The van der Waals surface area contributed by atoms with E-state index in [1.54, 1.807) is 4.90 Å². The fourth-order valence-electron chi connectivity index (χ4n) is 3.93. The van der Waals surface area contributed by atoms with Crippen LogP contribution >= 0.6 is 0 Å². The highest BCUT2D eigenvalue weighted by Crippen LogP contribution is 2.30. The molecule has 2 saturated heterocycles. The number of hydrogen-bond acceptors (Lipinski definition) is 3. The SMILES string of the molecule is O=C1C2CCCCN2C(=O)N1CC(O)CC1CCCC1. The predicted octanol–water partition coefficient (Wildman–Crippen LogP) is 1.74. The normalized spacial score (nSPS) is 29.1. The summed E-state index contributed by atoms with van der Waals surface area (Å²) in [5, 5.41) is 10.2. The van der Waals surface area contributed by atoms with Gasteiger partial charge in [0, 0.05) is 6.54 Å². The number of amides is 3. The molecule has 3 fully saturated rings. The van der Waals surface area contributed by atoms with E-state index in [0.717, 1.165) is 25.7 Å². The van der Waals surface area contributed by atoms with Gasteiger partial charge in [0.15, 0.2) is 0 Å². The van der Waals surface area contributed by atoms with Crippen molar-refractivity contribution < 1.29 is 14.7 Å². The summed E-state index contributed by atoms with van der Waals surface area (Å²) in [5.74, 6) is 0.473. The highest BCUT2D eigenvalue weighted by molar-refractivity contribution is 6.04. The minimum absolute atomic E-state index is 0.0971. The number of β-amino-alcohol motifs (C(OH)–C–C–N with tert-alkyl or cyclic N) is 1. The van der Waals surface area contributed by atoms with Gasteiger partial charge in [-0.15, -0.1) is 0 Å². The van der Waals surface area contributed by atoms with E-state index in [0.29, 0.717) is 12.5 Å². The van der Waals surface area contributed by atoms with Crippen LogP contribution in [0.3, 0.4) is 0 Å². The quantitative estimate of drug-likeness (QED) is 0.798. The van der Waals surface area contributed by atoms with Crippen LogP contribution < -0.4 is 0 Å². The van der Waals surface area contributed by atoms with Gasteiger partial charge in [-0.05, 0) is 31.6 Å². The number of carbonyl (C=O) groups excluding carboxylic acids is 2. The Balaban J connectivity index is 1.58. The zero-order valence-corrected chi connectivity index (χ0v) is 12.0. The van der Waals surface area contributed by atoms with Crippen molar-refractivity contribution in [3.63, 3.8) is 0 Å². The van der Waals surface area contributed by atoms with Gasteiger partial charge in [-0.3, -0.25) is 9.69 Å². The third kappa shape index (κ3) is 2.55. The first-order chi connectivity index (χ1) is 9.66. The topological polar surface area (TPSA) is 60.9 Å². The van der Waals surface area contributed by atoms with E-state index in [4.69, 9.17) is 0 Å². The second kappa shape index (κ2) is 5.72. The molecular formula is C15H24N2O3. The number of aliphatic hydroxyl groups is 1. The van der Waals surface area contributed by atoms with E-state index >= 15 is 0 Å². The van der Waals surface area contributed by atoms with E-state index in [2.05, 4.69) is 0 Å². The fourth-order valence-corrected chi connectivity index (χ4v) is 3.93. The number of rotatable bonds is 4. The zero-order chi connectivity index (χ0) is 14.1. The summed E-state index contributed by atoms with van der Waals surface area (Å²) < 4.78 is 0. The molecule has 3 rings (SSSR count). The maximum atomic E-state index is 12.3. The van der Waals surface area contributed by atoms with E-state index in [-0.39, 0.29) is 24.5 Å². The lowest BCUT2D eigenvalue weighted by Crippen LogP contribution is -2.39. The summed E-state index contributed by atoms with van der Waals surface area (Å²) in [7, 11) is 0. The molecule has 3 amide bonds. The molecular weight excluding hydrogens is 256 g/mol. The van der Waals surface area contributed by atoms with Gasteiger partial charge in [-0.2, -0.15) is 0 Å². The lowest BCUT2D eigenvalue weighted by atomic mass is 9.99. The third-order valence-electron chi connectivity index (χ3n) is 5.00. The van der Waals surface area contributed by atoms with Gasteiger partial charge < -0.3 is 10.0 Å². The summed E-state index contributed by atoms with van der Waals surface area (Å²) in [5.41, 5.74) is 0. The van der Waals surface area contributed by atoms with Crippen LogP contribution in [0.15, 0.2) is 0 Å². The lowest BCUT2D eigenvalue weighted by Gasteiger charge is -2.26. The Kier molecular flexibility index (Phi) is 3.96. The summed E-state index contributed by atoms with van der Waals surface area (Å²) >= 11 is 0. The van der Waals surface area contributed by atoms with Crippen molar-refractivity contribution in [1.29, 1.82) is 0 Å². The van der Waals surface area contributed by atoms with Gasteiger partial charge in [0.2, 0.25) is 0 Å². The summed E-state index contributed by atoms with van der Waals surface area (Å²) in [4.78, 5) is 27.5. The van der Waals surface area contributed by atoms with E-state index in [1.807, 2.05) is 0 Å². The summed E-state index contributed by atoms with van der Waals surface area (Å²) in [6.45, 7) is 0.867. The molecule has 0 aromatic rings. The highest BCUT2D eigenvalue weighted by Gasteiger charge is 2.46. The van der Waals surface area contributed by atoms with Crippen LogP contribution in [0.25, 0.3) is 0 Å². The number of fused-ring (bicyclic) bond motifs is 1. The van der Waals surface area contributed by atoms with Gasteiger partial charge in [0.05, 0.1) is 12.6 Å². The molecule has 0 aromatic heterocycles. The number of nitrogens with zero attached hydrogens (tertiary/aromatic N) is 2. The van der Waals surface area contributed by atoms with Crippen LogP contribution in [0.5, 0.6) is 0 Å². The van der Waals surface area contributed by atoms with Crippen molar-refractivity contribution in [3.05, 3.63) is 0 Å². The second-order valence-electron chi connectivity index (χ2n) is 6.48. The van der Waals surface area contributed by atoms with E-state index < -0.39 is 6.10 Å². The van der Waals surface area contributed by atoms with Crippen LogP contribution in [0, 0.1) is 5.92 Å². The lowest BCUT2D eigenvalue weighted by molar-refractivity contribution is -0.129. The summed E-state index contributed by atoms with van der Waals surface area (Å²) in [6, 6.07) is -0.444. The first-order valence-corrected chi connectivity index (χ1v) is 7.97. The Labute approximate surface area is 119 Å². The Hall–Kier alpha value is -1.10. The number of carbonyl (C=O) groups is 2. The first kappa shape index (κ1) is 13.9. The van der Waals surface area contributed by atoms with Crippen molar-refractivity contribution in [2.45, 2.75) is 63.5 Å². The molecule has 0 bridgehead atoms. The Bertz CT molecular complexity index is 369. The van der Waals surface area contributed by atoms with Crippen LogP contribution in [0.1, 0.15) is 51.4 Å². The summed E-state index contributed by atoms with van der Waals surface area (Å²) in [6.07, 6.45) is 7.77. The Morgan fingerprint density at radius 2 is 1.80 bits per heavy atom. The zero-order valence-electron chi connectivity index (χ0n) is 12.0. The molecule has 2 unspecified atom stereocenters. The second-order valence-corrected chi connectivity index (χ2v) is 6.48. The molecule has 2 aliphatic heterocycles. The molecule has 2 heterocycles. The number of imide groups is 1. The largest absolute Gasteiger partial charge is 0.391 e. The molecule has 2 atom stereocenters. The highest BCUT2D eigenvalue weighted by atomic mass is 16.3. The average molecular weight is 280 g/mol. The minimum Gasteiger partial charge on any atom is -0.391 e. The third-order valence-corrected chi connectivity index (χ3v) is 5.00. The van der Waals surface area contributed by atoms with Gasteiger partial charge in [-0.25, -0.2) is 4.79 Å². The van der Waals surface area contributed by atoms with E-state index in [1.165, 1.54) is 30.6 Å². The molecule has 1 saturated carbocycles. The fraction of sp³-hybridized carbons (Fsp3) is 0.867. The molecule has 1 N–H and O–H groups in total. The number of hydrogen-bond donors (Lipinski definition) is 1. The van der Waals surface area contributed by atoms with Crippen LogP contribution in [0.2, 0.25) is 0 Å². The monoisotopic (exact) mass is 280 g/mol. The van der Waals surface area contributed by atoms with Crippen molar-refractivity contribution in [3.8, 4) is 0 Å². The van der Waals surface area contributed by atoms with Crippen LogP contribution in [0.4, 0.5) is 4.79 Å². The standard InChI is InChI=1S/C15H24N2O3/c18-12(9-11-5-1-2-6-11)10-17-14(19)13-7-3-4-8-16(13)15(17)20/h11-13,18H,1-10H2. The van der Waals surface area contributed by atoms with Gasteiger partial charge in [0.1, 0.15) is 6.04 Å². The molecule has 0 radical (unpaired) electrons. The van der Waals surface area contributed by atoms with E-state index in [9.17, 15) is 14.7 Å². The Morgan fingerprint density at radius 1 is 1.10 bits per heavy atom. The molecule has 0 aromatic carbocycles. The number of aliphatic hydroxyl groups excluding tert-OH is 1. The molecule has 1 aliphatic carbocycles. The maximum Gasteiger partial charge on any atom is 0.327 e. The molecule has 20 heavy (non-hydrogen) atoms. The van der Waals surface area contributed by atoms with Crippen LogP contribution in [-0.2, 0) is 4.79 Å². The Morgan fingerprint density at radius 3 is 2.50 bits per heavy atom. The molecule has 0 spiro atoms. The van der Waals surface area contributed by atoms with Gasteiger partial charge in [-0.1, -0.05) is 25.7 Å². The number of piperidine rings is 1. The number of urea groups is 1. The first-order valence-electron chi connectivity index (χ1n) is 7.97. The van der Waals surface area contributed by atoms with Gasteiger partial charge in [0.25, 0.3) is 5.91 Å². The molecule has 5 nitrogen and oxygen atoms in total. The average Bonchev–Trinajstić information content (AvgIpc) is 3.03. The predicted molar refractivity (Wildman–Crippen MR) is 74.0 cm³/mol. The van der Waals surface area contributed by atoms with Gasteiger partial charge >= 0.3 is 6.03 Å². The molecule has 5 heteroatoms. The van der Waals surface area contributed by atoms with Crippen LogP contribution in [-0.4, -0.2) is 52.1 Å². The molecule has 112 valence electrons.